The number of benzene rings is 2. The van der Waals surface area contributed by atoms with Gasteiger partial charge in [-0.05, 0) is 38.2 Å². The summed E-state index contributed by atoms with van der Waals surface area (Å²) in [6, 6.07) is 11.4. The van der Waals surface area contributed by atoms with E-state index >= 15 is 0 Å². The zero-order valence-corrected chi connectivity index (χ0v) is 22.4. The first kappa shape index (κ1) is 27.0. The summed E-state index contributed by atoms with van der Waals surface area (Å²) in [7, 11) is 8.95. The van der Waals surface area contributed by atoms with E-state index in [1.54, 1.807) is 21.3 Å². The lowest BCUT2D eigenvalue weighted by Gasteiger charge is -2.21. The van der Waals surface area contributed by atoms with Crippen molar-refractivity contribution in [3.8, 4) is 11.5 Å². The topological polar surface area (TPSA) is 61.4 Å². The molecule has 0 radical (unpaired) electrons. The number of nitrogens with zero attached hydrogens (tertiary/aromatic N) is 3. The molecule has 2 aromatic rings. The molecule has 9 heteroatoms. The molecule has 1 aliphatic rings. The molecule has 1 heterocycles. The van der Waals surface area contributed by atoms with Crippen LogP contribution in [0.25, 0.3) is 0 Å². The van der Waals surface area contributed by atoms with Crippen LogP contribution in [0, 0.1) is 5.82 Å². The van der Waals surface area contributed by atoms with Crippen molar-refractivity contribution in [2.45, 2.75) is 25.6 Å². The maximum Gasteiger partial charge on any atom is 0.191 e. The third-order valence-electron chi connectivity index (χ3n) is 5.51. The number of ether oxygens (including phenoxy) is 2. The molecule has 182 valence electrons. The van der Waals surface area contributed by atoms with E-state index in [4.69, 9.17) is 9.47 Å². The SMILES string of the molecule is CN=C(NCc1ccc(F)c(CN(C)C)c1)NC1CCN(c2cc(OC)cc(OC)c2)C1.I. The average Bonchev–Trinajstić information content (AvgIpc) is 3.26. The summed E-state index contributed by atoms with van der Waals surface area (Å²) in [6.45, 7) is 2.92. The van der Waals surface area contributed by atoms with Crippen LogP contribution in [0.2, 0.25) is 0 Å². The molecule has 33 heavy (non-hydrogen) atoms. The summed E-state index contributed by atoms with van der Waals surface area (Å²) in [5.41, 5.74) is 2.79. The number of guanidine groups is 1. The fourth-order valence-electron chi connectivity index (χ4n) is 3.86. The van der Waals surface area contributed by atoms with Gasteiger partial charge in [-0.3, -0.25) is 4.99 Å². The fourth-order valence-corrected chi connectivity index (χ4v) is 3.86. The van der Waals surface area contributed by atoms with Crippen LogP contribution in [-0.4, -0.2) is 65.4 Å². The molecule has 2 N–H and O–H groups in total. The lowest BCUT2D eigenvalue weighted by molar-refractivity contribution is 0.392. The molecular formula is C24H35FIN5O2. The Kier molecular flexibility index (Phi) is 10.5. The highest BCUT2D eigenvalue weighted by Crippen LogP contribution is 2.30. The van der Waals surface area contributed by atoms with E-state index in [9.17, 15) is 4.39 Å². The van der Waals surface area contributed by atoms with Gasteiger partial charge in [0.15, 0.2) is 5.96 Å². The van der Waals surface area contributed by atoms with Crippen LogP contribution in [0.5, 0.6) is 11.5 Å². The van der Waals surface area contributed by atoms with Gasteiger partial charge in [0.25, 0.3) is 0 Å². The van der Waals surface area contributed by atoms with Crippen LogP contribution in [-0.2, 0) is 13.1 Å². The second-order valence-corrected chi connectivity index (χ2v) is 8.24. The third-order valence-corrected chi connectivity index (χ3v) is 5.51. The summed E-state index contributed by atoms with van der Waals surface area (Å²) in [5.74, 6) is 2.12. The minimum Gasteiger partial charge on any atom is -0.497 e. The molecule has 0 amide bonds. The van der Waals surface area contributed by atoms with E-state index in [-0.39, 0.29) is 35.8 Å². The summed E-state index contributed by atoms with van der Waals surface area (Å²) in [4.78, 5) is 8.63. The van der Waals surface area contributed by atoms with E-state index < -0.39 is 0 Å². The van der Waals surface area contributed by atoms with Crippen molar-refractivity contribution in [1.82, 2.24) is 15.5 Å². The van der Waals surface area contributed by atoms with Gasteiger partial charge in [-0.2, -0.15) is 0 Å². The molecule has 0 aromatic heterocycles. The Bertz CT molecular complexity index is 919. The first-order valence-corrected chi connectivity index (χ1v) is 10.8. The average molecular weight is 571 g/mol. The number of hydrogen-bond acceptors (Lipinski definition) is 5. The van der Waals surface area contributed by atoms with Crippen LogP contribution < -0.4 is 25.0 Å². The molecule has 0 aliphatic carbocycles. The number of hydrogen-bond donors (Lipinski definition) is 2. The molecule has 1 atom stereocenters. The van der Waals surface area contributed by atoms with Crippen molar-refractivity contribution < 1.29 is 13.9 Å². The van der Waals surface area contributed by atoms with Crippen LogP contribution in [0.15, 0.2) is 41.4 Å². The smallest absolute Gasteiger partial charge is 0.191 e. The lowest BCUT2D eigenvalue weighted by Crippen LogP contribution is -2.44. The van der Waals surface area contributed by atoms with Crippen molar-refractivity contribution in [3.05, 3.63) is 53.3 Å². The van der Waals surface area contributed by atoms with Crippen molar-refractivity contribution in [1.29, 1.82) is 0 Å². The number of aliphatic imine (C=N–C) groups is 1. The highest BCUT2D eigenvalue weighted by Gasteiger charge is 2.24. The first-order valence-electron chi connectivity index (χ1n) is 10.8. The van der Waals surface area contributed by atoms with Gasteiger partial charge >= 0.3 is 0 Å². The Balaban J connectivity index is 0.00000385. The maximum atomic E-state index is 14.0. The fraction of sp³-hybridized carbons (Fsp3) is 0.458. The number of anilines is 1. The predicted molar refractivity (Wildman–Crippen MR) is 143 cm³/mol. The van der Waals surface area contributed by atoms with Crippen molar-refractivity contribution in [3.63, 3.8) is 0 Å². The van der Waals surface area contributed by atoms with Crippen LogP contribution in [0.4, 0.5) is 10.1 Å². The summed E-state index contributed by atoms with van der Waals surface area (Å²) >= 11 is 0. The number of halogens is 2. The third kappa shape index (κ3) is 7.63. The van der Waals surface area contributed by atoms with E-state index in [0.29, 0.717) is 18.7 Å². The zero-order valence-electron chi connectivity index (χ0n) is 20.0. The Morgan fingerprint density at radius 2 is 1.85 bits per heavy atom. The van der Waals surface area contributed by atoms with Gasteiger partial charge in [0.2, 0.25) is 0 Å². The molecule has 1 fully saturated rings. The molecular weight excluding hydrogens is 536 g/mol. The van der Waals surface area contributed by atoms with Gasteiger partial charge in [0, 0.05) is 68.7 Å². The number of rotatable bonds is 8. The molecule has 2 aromatic carbocycles. The summed E-state index contributed by atoms with van der Waals surface area (Å²) in [6.07, 6.45) is 0.990. The van der Waals surface area contributed by atoms with Gasteiger partial charge in [0.1, 0.15) is 17.3 Å². The van der Waals surface area contributed by atoms with E-state index in [1.807, 2.05) is 49.3 Å². The monoisotopic (exact) mass is 571 g/mol. The standard InChI is InChI=1S/C24H34FN5O2.HI/c1-26-24(27-14-17-6-7-23(25)18(10-17)15-29(2)3)28-19-8-9-30(16-19)20-11-21(31-4)13-22(12-20)32-5;/h6-7,10-13,19H,8-9,14-16H2,1-5H3,(H2,26,27,28);1H. The second kappa shape index (κ2) is 12.8. The van der Waals surface area contributed by atoms with E-state index in [0.717, 1.165) is 48.2 Å². The maximum absolute atomic E-state index is 14.0. The summed E-state index contributed by atoms with van der Waals surface area (Å²) < 4.78 is 24.8. The lowest BCUT2D eigenvalue weighted by atomic mass is 10.1. The molecule has 3 rings (SSSR count). The van der Waals surface area contributed by atoms with Gasteiger partial charge < -0.3 is 29.9 Å². The molecule has 1 saturated heterocycles. The molecule has 1 unspecified atom stereocenters. The quantitative estimate of drug-likeness (QED) is 0.288. The van der Waals surface area contributed by atoms with Gasteiger partial charge in [0.05, 0.1) is 14.2 Å². The van der Waals surface area contributed by atoms with Crippen LogP contribution >= 0.6 is 24.0 Å². The van der Waals surface area contributed by atoms with Gasteiger partial charge in [-0.25, -0.2) is 4.39 Å². The Hall–Kier alpha value is -2.27. The Morgan fingerprint density at radius 3 is 2.45 bits per heavy atom. The van der Waals surface area contributed by atoms with Gasteiger partial charge in [-0.15, -0.1) is 24.0 Å². The highest BCUT2D eigenvalue weighted by atomic mass is 127. The second-order valence-electron chi connectivity index (χ2n) is 8.24. The molecule has 0 spiro atoms. The summed E-state index contributed by atoms with van der Waals surface area (Å²) in [5, 5.41) is 6.85. The largest absolute Gasteiger partial charge is 0.497 e. The minimum absolute atomic E-state index is 0. The van der Waals surface area contributed by atoms with E-state index in [2.05, 4.69) is 20.5 Å². The van der Waals surface area contributed by atoms with E-state index in [1.165, 1.54) is 6.07 Å². The molecule has 1 aliphatic heterocycles. The minimum atomic E-state index is -0.176. The van der Waals surface area contributed by atoms with Crippen molar-refractivity contribution >= 4 is 35.6 Å². The Labute approximate surface area is 213 Å². The van der Waals surface area contributed by atoms with Crippen LogP contribution in [0.3, 0.4) is 0 Å². The van der Waals surface area contributed by atoms with Gasteiger partial charge in [-0.1, -0.05) is 6.07 Å². The number of methoxy groups -OCH3 is 2. The van der Waals surface area contributed by atoms with Crippen molar-refractivity contribution in [2.24, 2.45) is 4.99 Å². The normalized spacial score (nSPS) is 15.9. The number of nitrogens with one attached hydrogen (secondary N) is 2. The first-order chi connectivity index (χ1) is 15.4. The molecule has 0 saturated carbocycles. The van der Waals surface area contributed by atoms with Crippen LogP contribution in [0.1, 0.15) is 17.5 Å². The zero-order chi connectivity index (χ0) is 23.1. The molecule has 0 bridgehead atoms. The Morgan fingerprint density at radius 1 is 1.15 bits per heavy atom. The van der Waals surface area contributed by atoms with Crippen molar-refractivity contribution in [2.75, 3.05) is 53.4 Å². The highest BCUT2D eigenvalue weighted by molar-refractivity contribution is 14.0. The predicted octanol–water partition coefficient (Wildman–Crippen LogP) is 3.47. The molecule has 7 nitrogen and oxygen atoms in total.